The Morgan fingerprint density at radius 1 is 1.15 bits per heavy atom. The van der Waals surface area contributed by atoms with Gasteiger partial charge in [0.05, 0.1) is 13.5 Å². The summed E-state index contributed by atoms with van der Waals surface area (Å²) in [6.07, 6.45) is 0.263. The minimum atomic E-state index is -0.262. The highest BCUT2D eigenvalue weighted by atomic mass is 19.1. The second-order valence-corrected chi connectivity index (χ2v) is 4.46. The Morgan fingerprint density at radius 2 is 1.85 bits per heavy atom. The minimum Gasteiger partial charge on any atom is -0.275 e. The van der Waals surface area contributed by atoms with Crippen LogP contribution in [-0.2, 0) is 16.1 Å². The molecule has 0 bridgehead atoms. The molecule has 2 aromatic rings. The van der Waals surface area contributed by atoms with Crippen LogP contribution in [0.25, 0.3) is 11.1 Å². The molecule has 0 aliphatic rings. The maximum Gasteiger partial charge on any atom is 0.250 e. The first-order chi connectivity index (χ1) is 9.60. The summed E-state index contributed by atoms with van der Waals surface area (Å²) in [6, 6.07) is 13.9. The van der Waals surface area contributed by atoms with Crippen molar-refractivity contribution in [1.82, 2.24) is 5.06 Å². The summed E-state index contributed by atoms with van der Waals surface area (Å²) in [5.41, 5.74) is 2.76. The minimum absolute atomic E-state index is 0.122. The van der Waals surface area contributed by atoms with E-state index in [1.165, 1.54) is 24.3 Å². The summed E-state index contributed by atoms with van der Waals surface area (Å²) >= 11 is 0. The Balaban J connectivity index is 2.20. The van der Waals surface area contributed by atoms with Gasteiger partial charge in [0.1, 0.15) is 5.82 Å². The molecule has 0 aromatic heterocycles. The van der Waals surface area contributed by atoms with Crippen LogP contribution in [0.2, 0.25) is 0 Å². The largest absolute Gasteiger partial charge is 0.275 e. The molecule has 0 N–H and O–H groups in total. The van der Waals surface area contributed by atoms with E-state index < -0.39 is 0 Å². The average molecular weight is 273 g/mol. The molecule has 2 aromatic carbocycles. The van der Waals surface area contributed by atoms with E-state index in [4.69, 9.17) is 4.84 Å². The maximum atomic E-state index is 12.9. The van der Waals surface area contributed by atoms with E-state index >= 15 is 0 Å². The van der Waals surface area contributed by atoms with Crippen LogP contribution in [-0.4, -0.2) is 25.1 Å². The molecule has 0 unspecified atom stereocenters. The number of hydroxylamine groups is 2. The topological polar surface area (TPSA) is 29.5 Å². The van der Waals surface area contributed by atoms with Crippen molar-refractivity contribution in [3.63, 3.8) is 0 Å². The zero-order valence-electron chi connectivity index (χ0n) is 11.5. The number of nitrogens with zero attached hydrogens (tertiary/aromatic N) is 1. The smallest absolute Gasteiger partial charge is 0.250 e. The summed E-state index contributed by atoms with van der Waals surface area (Å²) in [6.45, 7) is 0. The summed E-state index contributed by atoms with van der Waals surface area (Å²) in [5, 5.41) is 1.20. The molecule has 104 valence electrons. The molecule has 4 heteroatoms. The Labute approximate surface area is 117 Å². The lowest BCUT2D eigenvalue weighted by Crippen LogP contribution is -2.26. The van der Waals surface area contributed by atoms with Gasteiger partial charge in [-0.15, -0.1) is 0 Å². The number of carbonyl (C=O) groups is 1. The predicted octanol–water partition coefficient (Wildman–Crippen LogP) is 3.06. The van der Waals surface area contributed by atoms with Gasteiger partial charge in [0, 0.05) is 7.05 Å². The fourth-order valence-electron chi connectivity index (χ4n) is 1.89. The van der Waals surface area contributed by atoms with Crippen molar-refractivity contribution in [1.29, 1.82) is 0 Å². The Hall–Kier alpha value is -2.20. The van der Waals surface area contributed by atoms with E-state index in [9.17, 15) is 9.18 Å². The summed E-state index contributed by atoms with van der Waals surface area (Å²) in [7, 11) is 3.03. The second kappa shape index (κ2) is 6.30. The fraction of sp³-hybridized carbons (Fsp3) is 0.188. The van der Waals surface area contributed by atoms with Crippen molar-refractivity contribution >= 4 is 5.91 Å². The molecule has 0 aliphatic carbocycles. The quantitative estimate of drug-likeness (QED) is 0.801. The number of benzene rings is 2. The highest BCUT2D eigenvalue weighted by molar-refractivity contribution is 5.78. The number of carbonyl (C=O) groups excluding carboxylic acids is 1. The highest BCUT2D eigenvalue weighted by Crippen LogP contribution is 2.21. The van der Waals surface area contributed by atoms with Gasteiger partial charge >= 0.3 is 0 Å². The van der Waals surface area contributed by atoms with Gasteiger partial charge in [-0.1, -0.05) is 36.4 Å². The SMILES string of the molecule is CON(C)C(=O)Cc1cccc(-c2ccc(F)cc2)c1. The first kappa shape index (κ1) is 14.2. The Bertz CT molecular complexity index is 596. The van der Waals surface area contributed by atoms with Crippen LogP contribution in [0.4, 0.5) is 4.39 Å². The van der Waals surface area contributed by atoms with Crippen LogP contribution in [0.5, 0.6) is 0 Å². The molecule has 0 radical (unpaired) electrons. The van der Waals surface area contributed by atoms with Crippen LogP contribution in [0.3, 0.4) is 0 Å². The van der Waals surface area contributed by atoms with Crippen LogP contribution in [0.15, 0.2) is 48.5 Å². The molecule has 20 heavy (non-hydrogen) atoms. The Kier molecular flexibility index (Phi) is 4.48. The number of likely N-dealkylation sites (N-methyl/N-ethyl adjacent to an activating group) is 1. The van der Waals surface area contributed by atoms with Crippen LogP contribution >= 0.6 is 0 Å². The van der Waals surface area contributed by atoms with Gasteiger partial charge in [0.25, 0.3) is 0 Å². The molecular weight excluding hydrogens is 257 g/mol. The summed E-state index contributed by atoms with van der Waals surface area (Å²) in [4.78, 5) is 16.6. The van der Waals surface area contributed by atoms with Gasteiger partial charge < -0.3 is 0 Å². The molecular formula is C16H16FNO2. The molecule has 0 heterocycles. The first-order valence-corrected chi connectivity index (χ1v) is 6.25. The standard InChI is InChI=1S/C16H16FNO2/c1-18(20-2)16(19)11-12-4-3-5-14(10-12)13-6-8-15(17)9-7-13/h3-10H,11H2,1-2H3. The van der Waals surface area contributed by atoms with E-state index in [2.05, 4.69) is 0 Å². The number of hydrogen-bond acceptors (Lipinski definition) is 2. The molecule has 0 saturated carbocycles. The van der Waals surface area contributed by atoms with Crippen LogP contribution < -0.4 is 0 Å². The van der Waals surface area contributed by atoms with Crippen LogP contribution in [0.1, 0.15) is 5.56 Å². The molecule has 0 atom stereocenters. The van der Waals surface area contributed by atoms with Gasteiger partial charge in [-0.25, -0.2) is 9.45 Å². The van der Waals surface area contributed by atoms with Gasteiger partial charge in [-0.05, 0) is 28.8 Å². The normalized spacial score (nSPS) is 10.3. The lowest BCUT2D eigenvalue weighted by atomic mass is 10.0. The zero-order valence-corrected chi connectivity index (χ0v) is 11.5. The van der Waals surface area contributed by atoms with Crippen LogP contribution in [0, 0.1) is 5.82 Å². The summed E-state index contributed by atoms with van der Waals surface area (Å²) < 4.78 is 12.9. The lowest BCUT2D eigenvalue weighted by Gasteiger charge is -2.13. The van der Waals surface area contributed by atoms with Crippen molar-refractivity contribution in [2.24, 2.45) is 0 Å². The third-order valence-corrected chi connectivity index (χ3v) is 3.08. The molecule has 1 amide bonds. The van der Waals surface area contributed by atoms with E-state index in [0.29, 0.717) is 0 Å². The van der Waals surface area contributed by atoms with Crippen molar-refractivity contribution in [2.75, 3.05) is 14.2 Å². The fourth-order valence-corrected chi connectivity index (χ4v) is 1.89. The van der Waals surface area contributed by atoms with E-state index in [-0.39, 0.29) is 18.1 Å². The van der Waals surface area contributed by atoms with Crippen molar-refractivity contribution in [2.45, 2.75) is 6.42 Å². The van der Waals surface area contributed by atoms with E-state index in [1.807, 2.05) is 24.3 Å². The molecule has 0 spiro atoms. The number of halogens is 1. The molecule has 0 aliphatic heterocycles. The van der Waals surface area contributed by atoms with Crippen molar-refractivity contribution in [3.05, 3.63) is 59.9 Å². The molecule has 0 saturated heterocycles. The van der Waals surface area contributed by atoms with E-state index in [1.54, 1.807) is 19.2 Å². The Morgan fingerprint density at radius 3 is 2.50 bits per heavy atom. The molecule has 0 fully saturated rings. The third kappa shape index (κ3) is 3.42. The monoisotopic (exact) mass is 273 g/mol. The highest BCUT2D eigenvalue weighted by Gasteiger charge is 2.09. The van der Waals surface area contributed by atoms with Crippen molar-refractivity contribution in [3.8, 4) is 11.1 Å². The van der Waals surface area contributed by atoms with Gasteiger partial charge in [0.2, 0.25) is 5.91 Å². The molecule has 3 nitrogen and oxygen atoms in total. The number of amides is 1. The van der Waals surface area contributed by atoms with Gasteiger partial charge in [-0.3, -0.25) is 9.63 Å². The van der Waals surface area contributed by atoms with Crippen molar-refractivity contribution < 1.29 is 14.0 Å². The zero-order chi connectivity index (χ0) is 14.5. The van der Waals surface area contributed by atoms with Gasteiger partial charge in [0.15, 0.2) is 0 Å². The van der Waals surface area contributed by atoms with Gasteiger partial charge in [-0.2, -0.15) is 0 Å². The lowest BCUT2D eigenvalue weighted by molar-refractivity contribution is -0.167. The number of rotatable bonds is 4. The first-order valence-electron chi connectivity index (χ1n) is 6.25. The molecule has 2 rings (SSSR count). The summed E-state index contributed by atoms with van der Waals surface area (Å²) in [5.74, 6) is -0.384. The third-order valence-electron chi connectivity index (χ3n) is 3.08. The predicted molar refractivity (Wildman–Crippen MR) is 75.3 cm³/mol. The van der Waals surface area contributed by atoms with E-state index in [0.717, 1.165) is 16.7 Å². The number of hydrogen-bond donors (Lipinski definition) is 0. The average Bonchev–Trinajstić information content (AvgIpc) is 2.47. The second-order valence-electron chi connectivity index (χ2n) is 4.46. The maximum absolute atomic E-state index is 12.9.